The van der Waals surface area contributed by atoms with Crippen LogP contribution in [0.4, 0.5) is 26.3 Å². The third kappa shape index (κ3) is 8.94. The number of aryl methyl sites for hydroxylation is 8. The number of pyridine rings is 1. The number of aromatic nitrogens is 15. The van der Waals surface area contributed by atoms with Crippen LogP contribution in [0.5, 0.6) is 0 Å². The van der Waals surface area contributed by atoms with Crippen molar-refractivity contribution in [2.75, 3.05) is 0 Å². The average Bonchev–Trinajstić information content (AvgIpc) is 4.08. The number of benzene rings is 5. The van der Waals surface area contributed by atoms with Crippen molar-refractivity contribution in [3.8, 4) is 68.3 Å². The van der Waals surface area contributed by atoms with Crippen molar-refractivity contribution in [3.63, 3.8) is 0 Å². The number of rotatable bonds is 7. The number of alkyl halides is 6. The molecule has 0 aliphatic rings. The third-order valence-corrected chi connectivity index (χ3v) is 13.2. The Labute approximate surface area is 439 Å². The van der Waals surface area contributed by atoms with Gasteiger partial charge in [0.1, 0.15) is 58.2 Å². The highest BCUT2D eigenvalue weighted by molar-refractivity contribution is 6.13. The van der Waals surface area contributed by atoms with Crippen LogP contribution in [-0.4, -0.2) is 73.9 Å². The number of fused-ring (bicyclic) bond motifs is 6. The summed E-state index contributed by atoms with van der Waals surface area (Å²) in [6.45, 7) is 14.2. The van der Waals surface area contributed by atoms with Gasteiger partial charge in [-0.3, -0.25) is 9.13 Å². The molecule has 0 saturated heterocycles. The van der Waals surface area contributed by atoms with Crippen LogP contribution >= 0.6 is 0 Å². The fourth-order valence-electron chi connectivity index (χ4n) is 10.1. The second kappa shape index (κ2) is 18.1. The zero-order chi connectivity index (χ0) is 54.7. The van der Waals surface area contributed by atoms with E-state index < -0.39 is 23.5 Å². The SMILES string of the molecule is Cc1nc(C)nc(-c2ccc3c(c2)c2cc(-c4nc(C)nc(C)n4)ccc2n3-c2cc(-c3cc(C(F)(F)F)cc(C(F)(F)F)c3)cc(-n3c4ccc(-c5nc(C)nc(C)n5)cc4c4cc(-c5nc(C)nc(C)n5)ccc43)n2)n1. The predicted octanol–water partition coefficient (Wildman–Crippen LogP) is 12.9. The van der Waals surface area contributed by atoms with Crippen LogP contribution in [0.3, 0.4) is 0 Å². The van der Waals surface area contributed by atoms with Gasteiger partial charge in [0.05, 0.1) is 33.2 Å². The van der Waals surface area contributed by atoms with Crippen LogP contribution < -0.4 is 0 Å². The van der Waals surface area contributed by atoms with E-state index in [0.29, 0.717) is 136 Å². The van der Waals surface area contributed by atoms with E-state index in [2.05, 4.69) is 59.8 Å². The van der Waals surface area contributed by atoms with E-state index in [0.717, 1.165) is 12.1 Å². The number of nitrogens with zero attached hydrogens (tertiary/aromatic N) is 15. The highest BCUT2D eigenvalue weighted by Crippen LogP contribution is 2.43. The lowest BCUT2D eigenvalue weighted by atomic mass is 9.99. The van der Waals surface area contributed by atoms with Crippen LogP contribution in [-0.2, 0) is 12.4 Å². The van der Waals surface area contributed by atoms with Gasteiger partial charge in [0, 0.05) is 43.8 Å². The van der Waals surface area contributed by atoms with E-state index in [1.807, 2.05) is 81.9 Å². The molecule has 0 unspecified atom stereocenters. The topological polar surface area (TPSA) is 177 Å². The minimum Gasteiger partial charge on any atom is -0.294 e. The molecule has 21 heteroatoms. The first-order valence-corrected chi connectivity index (χ1v) is 24.4. The van der Waals surface area contributed by atoms with Gasteiger partial charge in [-0.25, -0.2) is 64.8 Å². The molecule has 12 aromatic rings. The first-order valence-electron chi connectivity index (χ1n) is 24.4. The lowest BCUT2D eigenvalue weighted by Gasteiger charge is -2.17. The normalized spacial score (nSPS) is 12.2. The molecule has 0 aliphatic heterocycles. The van der Waals surface area contributed by atoms with Crippen LogP contribution in [0.15, 0.2) is 103 Å². The highest BCUT2D eigenvalue weighted by Gasteiger charge is 2.37. The van der Waals surface area contributed by atoms with E-state index in [1.165, 1.54) is 12.1 Å². The molecule has 78 heavy (non-hydrogen) atoms. The summed E-state index contributed by atoms with van der Waals surface area (Å²) in [4.78, 5) is 59.9. The van der Waals surface area contributed by atoms with Gasteiger partial charge in [0.15, 0.2) is 23.3 Å². The molecule has 0 atom stereocenters. The molecule has 0 N–H and O–H groups in total. The summed E-state index contributed by atoms with van der Waals surface area (Å²) >= 11 is 0. The Balaban J connectivity index is 1.18. The summed E-state index contributed by atoms with van der Waals surface area (Å²) in [5, 5.41) is 2.78. The molecule has 0 aliphatic carbocycles. The van der Waals surface area contributed by atoms with E-state index in [1.54, 1.807) is 55.4 Å². The minimum absolute atomic E-state index is 0.0117. The first-order chi connectivity index (χ1) is 37.1. The Hall–Kier alpha value is -9.53. The molecule has 0 bridgehead atoms. The molecular formula is C57H41F6N15. The molecule has 5 aromatic carbocycles. The number of hydrogen-bond acceptors (Lipinski definition) is 13. The largest absolute Gasteiger partial charge is 0.416 e. The van der Waals surface area contributed by atoms with E-state index in [9.17, 15) is 26.3 Å². The molecule has 0 spiro atoms. The quantitative estimate of drug-likeness (QED) is 0.138. The smallest absolute Gasteiger partial charge is 0.294 e. The highest BCUT2D eigenvalue weighted by atomic mass is 19.4. The van der Waals surface area contributed by atoms with Crippen LogP contribution in [0.1, 0.15) is 57.7 Å². The van der Waals surface area contributed by atoms with E-state index in [-0.39, 0.29) is 28.8 Å². The Morgan fingerprint density at radius 1 is 0.269 bits per heavy atom. The van der Waals surface area contributed by atoms with Gasteiger partial charge < -0.3 is 0 Å². The van der Waals surface area contributed by atoms with Crippen LogP contribution in [0, 0.1) is 55.4 Å². The lowest BCUT2D eigenvalue weighted by Crippen LogP contribution is -2.11. The summed E-state index contributed by atoms with van der Waals surface area (Å²) in [6.07, 6.45) is -10.3. The molecular weight excluding hydrogens is 1010 g/mol. The standard InChI is InChI=1S/C57H41F6N15/c1-26-64-27(2)69-52(68-26)34-9-13-46-42(19-34)43-20-35(53-70-28(3)65-29(4)71-53)10-14-47(43)77(46)50-23-39(38-17-40(56(58,59)60)25-41(18-38)57(61,62)63)24-51(76-50)78-48-15-11-36(54-72-30(5)66-31(6)73-54)21-44(48)45-22-37(12-16-49(45)78)55-74-32(7)67-33(8)75-55/h9-25H,1-8H3. The maximum absolute atomic E-state index is 14.7. The Bertz CT molecular complexity index is 3910. The van der Waals surface area contributed by atoms with Crippen molar-refractivity contribution in [3.05, 3.63) is 161 Å². The van der Waals surface area contributed by atoms with Gasteiger partial charge in [0.2, 0.25) is 0 Å². The van der Waals surface area contributed by atoms with E-state index >= 15 is 0 Å². The second-order valence-electron chi connectivity index (χ2n) is 19.0. The molecule has 12 rings (SSSR count). The summed E-state index contributed by atoms with van der Waals surface area (Å²) in [5.41, 5.74) is 1.73. The Morgan fingerprint density at radius 3 is 0.756 bits per heavy atom. The molecule has 0 radical (unpaired) electrons. The minimum atomic E-state index is -5.13. The molecule has 0 amide bonds. The van der Waals surface area contributed by atoms with Crippen LogP contribution in [0.2, 0.25) is 0 Å². The molecule has 15 nitrogen and oxygen atoms in total. The summed E-state index contributed by atoms with van der Waals surface area (Å²) in [5.74, 6) is 6.18. The van der Waals surface area contributed by atoms with Crippen molar-refractivity contribution in [1.82, 2.24) is 73.9 Å². The lowest BCUT2D eigenvalue weighted by molar-refractivity contribution is -0.143. The summed E-state index contributed by atoms with van der Waals surface area (Å²) in [6, 6.07) is 27.1. The Kier molecular flexibility index (Phi) is 11.4. The van der Waals surface area contributed by atoms with Gasteiger partial charge in [-0.15, -0.1) is 0 Å². The molecule has 0 saturated carbocycles. The summed E-state index contributed by atoms with van der Waals surface area (Å²) < 4.78 is 92.0. The van der Waals surface area contributed by atoms with Gasteiger partial charge in [-0.1, -0.05) is 0 Å². The maximum Gasteiger partial charge on any atom is 0.416 e. The van der Waals surface area contributed by atoms with Crippen LogP contribution in [0.25, 0.3) is 112 Å². The maximum atomic E-state index is 14.7. The van der Waals surface area contributed by atoms with Crippen molar-refractivity contribution < 1.29 is 26.3 Å². The molecule has 7 heterocycles. The van der Waals surface area contributed by atoms with Gasteiger partial charge >= 0.3 is 12.4 Å². The third-order valence-electron chi connectivity index (χ3n) is 13.2. The zero-order valence-corrected chi connectivity index (χ0v) is 42.8. The second-order valence-corrected chi connectivity index (χ2v) is 19.0. The Morgan fingerprint density at radius 2 is 0.513 bits per heavy atom. The van der Waals surface area contributed by atoms with Crippen molar-refractivity contribution in [2.45, 2.75) is 67.7 Å². The number of hydrogen-bond donors (Lipinski definition) is 0. The van der Waals surface area contributed by atoms with Gasteiger partial charge in [0.25, 0.3) is 0 Å². The van der Waals surface area contributed by atoms with E-state index in [4.69, 9.17) is 4.98 Å². The van der Waals surface area contributed by atoms with Crippen molar-refractivity contribution in [2.24, 2.45) is 0 Å². The fraction of sp³-hybridized carbons (Fsp3) is 0.175. The van der Waals surface area contributed by atoms with Crippen molar-refractivity contribution >= 4 is 43.6 Å². The zero-order valence-electron chi connectivity index (χ0n) is 42.8. The molecule has 0 fully saturated rings. The monoisotopic (exact) mass is 1050 g/mol. The molecule has 7 aromatic heterocycles. The summed E-state index contributed by atoms with van der Waals surface area (Å²) in [7, 11) is 0. The fourth-order valence-corrected chi connectivity index (χ4v) is 10.1. The predicted molar refractivity (Wildman–Crippen MR) is 282 cm³/mol. The van der Waals surface area contributed by atoms with Crippen molar-refractivity contribution in [1.29, 1.82) is 0 Å². The average molecular weight is 1050 g/mol. The molecule has 386 valence electrons. The first kappa shape index (κ1) is 49.4. The van der Waals surface area contributed by atoms with Gasteiger partial charge in [-0.05, 0) is 170 Å². The van der Waals surface area contributed by atoms with Gasteiger partial charge in [-0.2, -0.15) is 26.3 Å². The number of halogens is 6.